The Morgan fingerprint density at radius 1 is 1.78 bits per heavy atom. The molecular formula is C6H8INO. The highest BCUT2D eigenvalue weighted by atomic mass is 127. The van der Waals surface area contributed by atoms with Crippen molar-refractivity contribution in [2.45, 2.75) is 6.42 Å². The standard InChI is InChI=1S/C6H8INO/c1-5-2-3-8(4-7)6(5)9/h1-4H2. The number of amides is 1. The third-order valence-corrected chi connectivity index (χ3v) is 2.24. The van der Waals surface area contributed by atoms with Gasteiger partial charge in [0.2, 0.25) is 5.91 Å². The molecule has 0 aromatic carbocycles. The van der Waals surface area contributed by atoms with Crippen LogP contribution in [-0.4, -0.2) is 21.9 Å². The molecule has 0 bridgehead atoms. The van der Waals surface area contributed by atoms with E-state index in [9.17, 15) is 4.79 Å². The zero-order chi connectivity index (χ0) is 6.85. The van der Waals surface area contributed by atoms with Crippen molar-refractivity contribution in [3.05, 3.63) is 12.2 Å². The van der Waals surface area contributed by atoms with Crippen LogP contribution in [0.3, 0.4) is 0 Å². The van der Waals surface area contributed by atoms with Crippen LogP contribution in [0.15, 0.2) is 12.2 Å². The molecule has 50 valence electrons. The number of hydrogen-bond acceptors (Lipinski definition) is 1. The molecule has 9 heavy (non-hydrogen) atoms. The first-order valence-corrected chi connectivity index (χ1v) is 4.31. The Bertz CT molecular complexity index is 155. The predicted molar refractivity (Wildman–Crippen MR) is 44.4 cm³/mol. The summed E-state index contributed by atoms with van der Waals surface area (Å²) in [6.45, 7) is 4.50. The van der Waals surface area contributed by atoms with E-state index in [0.717, 1.165) is 23.1 Å². The van der Waals surface area contributed by atoms with E-state index in [1.54, 1.807) is 4.90 Å². The second-order valence-corrected chi connectivity index (χ2v) is 2.72. The fourth-order valence-electron chi connectivity index (χ4n) is 0.816. The molecule has 0 aromatic heterocycles. The molecule has 0 unspecified atom stereocenters. The molecule has 0 spiro atoms. The van der Waals surface area contributed by atoms with Crippen molar-refractivity contribution in [1.29, 1.82) is 0 Å². The summed E-state index contributed by atoms with van der Waals surface area (Å²) in [5.41, 5.74) is 0.756. The van der Waals surface area contributed by atoms with Crippen molar-refractivity contribution >= 4 is 28.5 Å². The van der Waals surface area contributed by atoms with Gasteiger partial charge in [-0.25, -0.2) is 0 Å². The molecule has 1 rings (SSSR count). The average molecular weight is 237 g/mol. The van der Waals surface area contributed by atoms with E-state index in [0.29, 0.717) is 0 Å². The van der Waals surface area contributed by atoms with Gasteiger partial charge in [-0.15, -0.1) is 0 Å². The van der Waals surface area contributed by atoms with E-state index in [-0.39, 0.29) is 5.91 Å². The normalized spacial score (nSPS) is 19.4. The van der Waals surface area contributed by atoms with Crippen molar-refractivity contribution < 1.29 is 4.79 Å². The maximum Gasteiger partial charge on any atom is 0.249 e. The van der Waals surface area contributed by atoms with Crippen LogP contribution < -0.4 is 0 Å². The highest BCUT2D eigenvalue weighted by molar-refractivity contribution is 14.1. The third kappa shape index (κ3) is 1.26. The second kappa shape index (κ2) is 2.68. The number of carbonyl (C=O) groups excluding carboxylic acids is 1. The number of rotatable bonds is 1. The minimum Gasteiger partial charge on any atom is -0.329 e. The molecule has 1 aliphatic heterocycles. The van der Waals surface area contributed by atoms with Crippen molar-refractivity contribution in [3.63, 3.8) is 0 Å². The van der Waals surface area contributed by atoms with Crippen LogP contribution in [0.5, 0.6) is 0 Å². The molecule has 1 aliphatic rings. The lowest BCUT2D eigenvalue weighted by atomic mass is 10.3. The molecule has 1 saturated heterocycles. The van der Waals surface area contributed by atoms with E-state index < -0.39 is 0 Å². The maximum absolute atomic E-state index is 11.0. The van der Waals surface area contributed by atoms with E-state index in [2.05, 4.69) is 29.2 Å². The summed E-state index contributed by atoms with van der Waals surface area (Å²) in [5, 5.41) is 0. The lowest BCUT2D eigenvalue weighted by Crippen LogP contribution is -2.22. The molecule has 0 aliphatic carbocycles. The lowest BCUT2D eigenvalue weighted by Gasteiger charge is -2.08. The summed E-state index contributed by atoms with van der Waals surface area (Å²) >= 11 is 2.18. The average Bonchev–Trinajstić information content (AvgIpc) is 2.15. The van der Waals surface area contributed by atoms with Crippen LogP contribution in [0, 0.1) is 0 Å². The van der Waals surface area contributed by atoms with E-state index >= 15 is 0 Å². The zero-order valence-corrected chi connectivity index (χ0v) is 7.22. The molecule has 0 N–H and O–H groups in total. The Morgan fingerprint density at radius 3 is 2.67 bits per heavy atom. The van der Waals surface area contributed by atoms with Gasteiger partial charge in [0.1, 0.15) is 0 Å². The van der Waals surface area contributed by atoms with Gasteiger partial charge in [0, 0.05) is 12.1 Å². The summed E-state index contributed by atoms with van der Waals surface area (Å²) in [7, 11) is 0. The summed E-state index contributed by atoms with van der Waals surface area (Å²) in [4.78, 5) is 12.8. The molecule has 3 heteroatoms. The number of likely N-dealkylation sites (tertiary alicyclic amines) is 1. The maximum atomic E-state index is 11.0. The summed E-state index contributed by atoms with van der Waals surface area (Å²) in [5.74, 6) is 0.129. The second-order valence-electron chi connectivity index (χ2n) is 2.04. The Hall–Kier alpha value is -0.0600. The Balaban J connectivity index is 2.62. The van der Waals surface area contributed by atoms with Crippen molar-refractivity contribution in [3.8, 4) is 0 Å². The fourth-order valence-corrected chi connectivity index (χ4v) is 1.47. The van der Waals surface area contributed by atoms with Gasteiger partial charge in [0.25, 0.3) is 0 Å². The van der Waals surface area contributed by atoms with Gasteiger partial charge in [-0.2, -0.15) is 0 Å². The molecular weight excluding hydrogens is 229 g/mol. The smallest absolute Gasteiger partial charge is 0.249 e. The monoisotopic (exact) mass is 237 g/mol. The topological polar surface area (TPSA) is 20.3 Å². The van der Waals surface area contributed by atoms with Crippen molar-refractivity contribution in [1.82, 2.24) is 4.90 Å². The molecule has 0 atom stereocenters. The summed E-state index contributed by atoms with van der Waals surface area (Å²) < 4.78 is 0.787. The molecule has 0 aromatic rings. The van der Waals surface area contributed by atoms with Crippen LogP contribution in [0.25, 0.3) is 0 Å². The Labute approximate surface area is 68.1 Å². The molecule has 1 heterocycles. The van der Waals surface area contributed by atoms with E-state index in [1.165, 1.54) is 0 Å². The first-order chi connectivity index (χ1) is 4.25. The Kier molecular flexibility index (Phi) is 2.10. The number of hydrogen-bond donors (Lipinski definition) is 0. The first kappa shape index (κ1) is 7.05. The van der Waals surface area contributed by atoms with Crippen molar-refractivity contribution in [2.75, 3.05) is 11.1 Å². The van der Waals surface area contributed by atoms with E-state index in [4.69, 9.17) is 0 Å². The fraction of sp³-hybridized carbons (Fsp3) is 0.500. The van der Waals surface area contributed by atoms with Gasteiger partial charge in [-0.3, -0.25) is 4.79 Å². The van der Waals surface area contributed by atoms with Crippen LogP contribution >= 0.6 is 22.6 Å². The van der Waals surface area contributed by atoms with E-state index in [1.807, 2.05) is 0 Å². The number of halogens is 1. The number of alkyl halides is 1. The van der Waals surface area contributed by atoms with Crippen LogP contribution in [0.4, 0.5) is 0 Å². The largest absolute Gasteiger partial charge is 0.329 e. The van der Waals surface area contributed by atoms with Gasteiger partial charge < -0.3 is 4.90 Å². The SMILES string of the molecule is C=C1CCN(CI)C1=O. The number of carbonyl (C=O) groups is 1. The lowest BCUT2D eigenvalue weighted by molar-refractivity contribution is -0.123. The van der Waals surface area contributed by atoms with Crippen LogP contribution in [-0.2, 0) is 4.79 Å². The Morgan fingerprint density at radius 2 is 2.44 bits per heavy atom. The van der Waals surface area contributed by atoms with Crippen LogP contribution in [0.1, 0.15) is 6.42 Å². The summed E-state index contributed by atoms with van der Waals surface area (Å²) in [6, 6.07) is 0. The molecule has 1 amide bonds. The highest BCUT2D eigenvalue weighted by Gasteiger charge is 2.22. The quantitative estimate of drug-likeness (QED) is 0.290. The minimum atomic E-state index is 0.129. The summed E-state index contributed by atoms with van der Waals surface area (Å²) in [6.07, 6.45) is 0.849. The van der Waals surface area contributed by atoms with Crippen LogP contribution in [0.2, 0.25) is 0 Å². The minimum absolute atomic E-state index is 0.129. The van der Waals surface area contributed by atoms with Crippen molar-refractivity contribution in [2.24, 2.45) is 0 Å². The van der Waals surface area contributed by atoms with Gasteiger partial charge in [0.15, 0.2) is 0 Å². The first-order valence-electron chi connectivity index (χ1n) is 2.78. The predicted octanol–water partition coefficient (Wildman–Crippen LogP) is 1.17. The molecule has 2 nitrogen and oxygen atoms in total. The van der Waals surface area contributed by atoms with Gasteiger partial charge in [0.05, 0.1) is 4.55 Å². The molecule has 1 fully saturated rings. The van der Waals surface area contributed by atoms with Gasteiger partial charge >= 0.3 is 0 Å². The number of nitrogens with zero attached hydrogens (tertiary/aromatic N) is 1. The highest BCUT2D eigenvalue weighted by Crippen LogP contribution is 2.15. The zero-order valence-electron chi connectivity index (χ0n) is 5.06. The van der Waals surface area contributed by atoms with Gasteiger partial charge in [-0.05, 0) is 6.42 Å². The third-order valence-electron chi connectivity index (χ3n) is 1.42. The molecule has 0 radical (unpaired) electrons. The molecule has 0 saturated carbocycles. The van der Waals surface area contributed by atoms with Gasteiger partial charge in [-0.1, -0.05) is 29.2 Å².